The maximum atomic E-state index is 11.4. The summed E-state index contributed by atoms with van der Waals surface area (Å²) in [5.41, 5.74) is 0. The van der Waals surface area contributed by atoms with Gasteiger partial charge in [-0.1, -0.05) is 0 Å². The second kappa shape index (κ2) is 4.02. The largest absolute Gasteiger partial charge is 0.310 e. The van der Waals surface area contributed by atoms with Crippen LogP contribution in [0.2, 0.25) is 0 Å². The second-order valence-electron chi connectivity index (χ2n) is 3.50. The molecule has 1 heterocycles. The third-order valence-electron chi connectivity index (χ3n) is 2.17. The summed E-state index contributed by atoms with van der Waals surface area (Å²) in [6.45, 7) is 0. The fourth-order valence-corrected chi connectivity index (χ4v) is 1.25. The summed E-state index contributed by atoms with van der Waals surface area (Å²) in [4.78, 5) is 19.3. The van der Waals surface area contributed by atoms with Gasteiger partial charge in [-0.3, -0.25) is 9.21 Å². The van der Waals surface area contributed by atoms with Gasteiger partial charge in [0.2, 0.25) is 5.91 Å². The molecule has 1 saturated carbocycles. The van der Waals surface area contributed by atoms with E-state index in [0.717, 1.165) is 12.8 Å². The number of nitrogens with zero attached hydrogens (tertiary/aromatic N) is 3. The predicted molar refractivity (Wildman–Crippen MR) is 57.6 cm³/mol. The first-order valence-corrected chi connectivity index (χ1v) is 5.03. The molecule has 0 atom stereocenters. The highest BCUT2D eigenvalue weighted by atomic mass is 35.5. The van der Waals surface area contributed by atoms with Gasteiger partial charge in [-0.05, 0) is 12.8 Å². The van der Waals surface area contributed by atoms with Crippen LogP contribution in [0, 0.1) is 5.92 Å². The Morgan fingerprint density at radius 1 is 1.60 bits per heavy atom. The molecule has 1 N–H and O–H groups in total. The fraction of sp³-hybridized carbons (Fsp3) is 0.444. The van der Waals surface area contributed by atoms with Gasteiger partial charge in [0, 0.05) is 30.8 Å². The van der Waals surface area contributed by atoms with Gasteiger partial charge < -0.3 is 5.32 Å². The summed E-state index contributed by atoms with van der Waals surface area (Å²) < 4.78 is 1.34. The van der Waals surface area contributed by atoms with Gasteiger partial charge in [0.25, 0.3) is 0 Å². The highest BCUT2D eigenvalue weighted by Crippen LogP contribution is 2.30. The smallest absolute Gasteiger partial charge is 0.228 e. The topological polar surface area (TPSA) is 58.1 Å². The highest BCUT2D eigenvalue weighted by Gasteiger charge is 2.29. The van der Waals surface area contributed by atoms with Crippen molar-refractivity contribution >= 4 is 29.3 Å². The molecule has 1 fully saturated rings. The lowest BCUT2D eigenvalue weighted by Gasteiger charge is -2.09. The lowest BCUT2D eigenvalue weighted by Crippen LogP contribution is -2.15. The monoisotopic (exact) mass is 226 g/mol. The average molecular weight is 227 g/mol. The molecular weight excluding hydrogens is 216 g/mol. The van der Waals surface area contributed by atoms with E-state index in [9.17, 15) is 4.79 Å². The van der Waals surface area contributed by atoms with Crippen LogP contribution in [0.1, 0.15) is 12.8 Å². The number of rotatable bonds is 3. The summed E-state index contributed by atoms with van der Waals surface area (Å²) in [6, 6.07) is 1.63. The van der Waals surface area contributed by atoms with Crippen LogP contribution in [0.3, 0.4) is 0 Å². The Hall–Kier alpha value is -1.36. The van der Waals surface area contributed by atoms with Crippen molar-refractivity contribution in [2.45, 2.75) is 12.8 Å². The minimum Gasteiger partial charge on any atom is -0.310 e. The molecule has 1 aromatic rings. The molecule has 1 aromatic heterocycles. The SMILES string of the molecule is CN(Cl)c1cc(NC(=O)C2CC2)ncn1. The zero-order chi connectivity index (χ0) is 10.8. The van der Waals surface area contributed by atoms with Gasteiger partial charge in [0.15, 0.2) is 0 Å². The first kappa shape index (κ1) is 10.2. The summed E-state index contributed by atoms with van der Waals surface area (Å²) in [6.07, 6.45) is 3.31. The quantitative estimate of drug-likeness (QED) is 0.792. The van der Waals surface area contributed by atoms with Crippen molar-refractivity contribution in [2.24, 2.45) is 5.92 Å². The van der Waals surface area contributed by atoms with Gasteiger partial charge in [0.05, 0.1) is 0 Å². The van der Waals surface area contributed by atoms with Crippen molar-refractivity contribution < 1.29 is 4.79 Å². The molecule has 2 rings (SSSR count). The first-order chi connectivity index (χ1) is 7.16. The fourth-order valence-electron chi connectivity index (χ4n) is 1.16. The normalized spacial score (nSPS) is 14.8. The Morgan fingerprint density at radius 3 is 2.93 bits per heavy atom. The molecular formula is C9H11ClN4O. The molecule has 0 spiro atoms. The summed E-state index contributed by atoms with van der Waals surface area (Å²) in [5, 5.41) is 2.72. The molecule has 6 heteroatoms. The van der Waals surface area contributed by atoms with E-state index in [1.165, 1.54) is 10.7 Å². The number of aromatic nitrogens is 2. The lowest BCUT2D eigenvalue weighted by molar-refractivity contribution is -0.117. The average Bonchev–Trinajstić information content (AvgIpc) is 3.01. The number of amides is 1. The van der Waals surface area contributed by atoms with Crippen molar-refractivity contribution in [2.75, 3.05) is 16.8 Å². The molecule has 0 radical (unpaired) electrons. The van der Waals surface area contributed by atoms with E-state index in [1.54, 1.807) is 13.1 Å². The van der Waals surface area contributed by atoms with E-state index >= 15 is 0 Å². The second-order valence-corrected chi connectivity index (χ2v) is 4.01. The summed E-state index contributed by atoms with van der Waals surface area (Å²) in [5.74, 6) is 1.23. The molecule has 1 aliphatic rings. The van der Waals surface area contributed by atoms with Crippen molar-refractivity contribution in [3.63, 3.8) is 0 Å². The van der Waals surface area contributed by atoms with Gasteiger partial charge in [-0.25, -0.2) is 9.97 Å². The summed E-state index contributed by atoms with van der Waals surface area (Å²) >= 11 is 5.72. The van der Waals surface area contributed by atoms with Crippen molar-refractivity contribution in [3.05, 3.63) is 12.4 Å². The van der Waals surface area contributed by atoms with Crippen LogP contribution in [0.4, 0.5) is 11.6 Å². The molecule has 1 aliphatic carbocycles. The number of anilines is 2. The van der Waals surface area contributed by atoms with Crippen molar-refractivity contribution in [3.8, 4) is 0 Å². The highest BCUT2D eigenvalue weighted by molar-refractivity contribution is 6.25. The van der Waals surface area contributed by atoms with Gasteiger partial charge in [-0.15, -0.1) is 0 Å². The Bertz CT molecular complexity index is 378. The van der Waals surface area contributed by atoms with Crippen LogP contribution in [0.15, 0.2) is 12.4 Å². The lowest BCUT2D eigenvalue weighted by atomic mass is 10.4. The van der Waals surface area contributed by atoms with E-state index in [1.807, 2.05) is 0 Å². The standard InChI is InChI=1S/C9H11ClN4O/c1-14(10)8-4-7(11-5-12-8)13-9(15)6-2-3-6/h4-6H,2-3H2,1H3,(H,11,12,13,15). The number of halogens is 1. The van der Waals surface area contributed by atoms with E-state index in [2.05, 4.69) is 15.3 Å². The van der Waals surface area contributed by atoms with Crippen LogP contribution in [-0.4, -0.2) is 22.9 Å². The van der Waals surface area contributed by atoms with E-state index in [-0.39, 0.29) is 11.8 Å². The van der Waals surface area contributed by atoms with E-state index in [0.29, 0.717) is 11.6 Å². The summed E-state index contributed by atoms with van der Waals surface area (Å²) in [7, 11) is 1.66. The van der Waals surface area contributed by atoms with Crippen LogP contribution >= 0.6 is 11.8 Å². The molecule has 5 nitrogen and oxygen atoms in total. The van der Waals surface area contributed by atoms with Crippen LogP contribution in [0.5, 0.6) is 0 Å². The van der Waals surface area contributed by atoms with E-state index in [4.69, 9.17) is 11.8 Å². The molecule has 0 aromatic carbocycles. The maximum Gasteiger partial charge on any atom is 0.228 e. The van der Waals surface area contributed by atoms with Gasteiger partial charge in [-0.2, -0.15) is 0 Å². The maximum absolute atomic E-state index is 11.4. The molecule has 0 saturated heterocycles. The molecule has 1 amide bonds. The molecule has 15 heavy (non-hydrogen) atoms. The zero-order valence-corrected chi connectivity index (χ0v) is 9.03. The minimum absolute atomic E-state index is 0.0249. The molecule has 0 bridgehead atoms. The van der Waals surface area contributed by atoms with Crippen LogP contribution < -0.4 is 9.74 Å². The Morgan fingerprint density at radius 2 is 2.33 bits per heavy atom. The van der Waals surface area contributed by atoms with Crippen LogP contribution in [-0.2, 0) is 4.79 Å². The Labute approximate surface area is 92.6 Å². The van der Waals surface area contributed by atoms with Crippen molar-refractivity contribution in [1.82, 2.24) is 9.97 Å². The third kappa shape index (κ3) is 2.56. The van der Waals surface area contributed by atoms with Crippen molar-refractivity contribution in [1.29, 1.82) is 0 Å². The van der Waals surface area contributed by atoms with Crippen LogP contribution in [0.25, 0.3) is 0 Å². The minimum atomic E-state index is 0.0249. The number of hydrogen-bond acceptors (Lipinski definition) is 4. The number of carbonyl (C=O) groups is 1. The van der Waals surface area contributed by atoms with E-state index < -0.39 is 0 Å². The zero-order valence-electron chi connectivity index (χ0n) is 8.27. The molecule has 80 valence electrons. The molecule has 0 aliphatic heterocycles. The Balaban J connectivity index is 2.07. The van der Waals surface area contributed by atoms with Gasteiger partial charge in [0.1, 0.15) is 18.0 Å². The Kier molecular flexibility index (Phi) is 2.73. The van der Waals surface area contributed by atoms with Gasteiger partial charge >= 0.3 is 0 Å². The predicted octanol–water partition coefficient (Wildman–Crippen LogP) is 1.42. The first-order valence-electron chi connectivity index (χ1n) is 4.69. The number of carbonyl (C=O) groups excluding carboxylic acids is 1. The molecule has 0 unspecified atom stereocenters. The third-order valence-corrected chi connectivity index (χ3v) is 2.34. The number of nitrogens with one attached hydrogen (secondary N) is 1. The number of hydrogen-bond donors (Lipinski definition) is 1.